The zero-order valence-electron chi connectivity index (χ0n) is 15.7. The number of hydrogen-bond donors (Lipinski definition) is 2. The minimum atomic E-state index is -0.766. The molecule has 3 N–H and O–H groups in total. The molecule has 1 aliphatic rings. The number of ether oxygens (including phenoxy) is 2. The minimum Gasteiger partial charge on any atom is -0.493 e. The highest BCUT2D eigenvalue weighted by molar-refractivity contribution is 6.13. The van der Waals surface area contributed by atoms with E-state index in [1.807, 2.05) is 12.1 Å². The molecule has 0 unspecified atom stereocenters. The van der Waals surface area contributed by atoms with Crippen LogP contribution in [0.4, 0.5) is 4.79 Å². The molecular formula is C21H23N3O4. The van der Waals surface area contributed by atoms with Gasteiger partial charge in [0.15, 0.2) is 11.5 Å². The number of amides is 2. The molecule has 2 aromatic carbocycles. The maximum Gasteiger partial charge on any atom is 0.332 e. The van der Waals surface area contributed by atoms with Crippen LogP contribution in [0.1, 0.15) is 47.2 Å². The van der Waals surface area contributed by atoms with Gasteiger partial charge in [-0.05, 0) is 43.9 Å². The Hall–Kier alpha value is -3.35. The van der Waals surface area contributed by atoms with Gasteiger partial charge < -0.3 is 15.2 Å². The summed E-state index contributed by atoms with van der Waals surface area (Å²) in [5, 5.41) is 4.16. The first kappa shape index (κ1) is 19.4. The van der Waals surface area contributed by atoms with E-state index < -0.39 is 6.03 Å². The highest BCUT2D eigenvalue weighted by atomic mass is 16.5. The second-order valence-corrected chi connectivity index (χ2v) is 6.57. The molecule has 1 aliphatic carbocycles. The Balaban J connectivity index is 1.99. The van der Waals surface area contributed by atoms with Crippen molar-refractivity contribution in [2.24, 2.45) is 10.8 Å². The molecule has 2 amide bonds. The van der Waals surface area contributed by atoms with Gasteiger partial charge in [0.2, 0.25) is 0 Å². The second-order valence-electron chi connectivity index (χ2n) is 6.57. The Morgan fingerprint density at radius 1 is 1.11 bits per heavy atom. The molecule has 1 fully saturated rings. The Bertz CT molecular complexity index is 872. The number of nitrogens with zero attached hydrogens (tertiary/aromatic N) is 1. The topological polar surface area (TPSA) is 103 Å². The maximum absolute atomic E-state index is 11.2. The predicted molar refractivity (Wildman–Crippen MR) is 106 cm³/mol. The van der Waals surface area contributed by atoms with E-state index in [0.29, 0.717) is 22.8 Å². The molecule has 0 atom stereocenters. The van der Waals surface area contributed by atoms with Crippen LogP contribution in [-0.4, -0.2) is 31.2 Å². The maximum atomic E-state index is 11.2. The Labute approximate surface area is 163 Å². The van der Waals surface area contributed by atoms with Crippen molar-refractivity contribution in [1.82, 2.24) is 5.43 Å². The largest absolute Gasteiger partial charge is 0.493 e. The van der Waals surface area contributed by atoms with Crippen LogP contribution < -0.4 is 20.6 Å². The molecule has 0 aromatic heterocycles. The molecule has 7 nitrogen and oxygen atoms in total. The number of nitrogens with one attached hydrogen (secondary N) is 1. The number of rotatable bonds is 7. The second kappa shape index (κ2) is 9.03. The molecule has 0 heterocycles. The summed E-state index contributed by atoms with van der Waals surface area (Å²) >= 11 is 0. The van der Waals surface area contributed by atoms with E-state index in [2.05, 4.69) is 10.5 Å². The van der Waals surface area contributed by atoms with E-state index in [-0.39, 0.29) is 6.10 Å². The first-order valence-electron chi connectivity index (χ1n) is 9.14. The van der Waals surface area contributed by atoms with Crippen molar-refractivity contribution in [3.05, 3.63) is 59.2 Å². The van der Waals surface area contributed by atoms with Crippen LogP contribution in [0.25, 0.3) is 0 Å². The summed E-state index contributed by atoms with van der Waals surface area (Å²) in [6.45, 7) is 0. The number of carbonyl (C=O) groups excluding carboxylic acids is 2. The zero-order valence-corrected chi connectivity index (χ0v) is 15.7. The Morgan fingerprint density at radius 3 is 2.39 bits per heavy atom. The molecule has 0 aliphatic heterocycles. The summed E-state index contributed by atoms with van der Waals surface area (Å²) in [4.78, 5) is 22.1. The monoisotopic (exact) mass is 381 g/mol. The van der Waals surface area contributed by atoms with Gasteiger partial charge in [-0.3, -0.25) is 4.79 Å². The van der Waals surface area contributed by atoms with Crippen LogP contribution in [0.15, 0.2) is 47.6 Å². The highest BCUT2D eigenvalue weighted by Gasteiger charge is 2.20. The standard InChI is InChI=1S/C21H23N3O4/c1-27-18-11-10-16(12-19(18)28-17-4-2-3-5-17)20(23-24-21(22)26)15-8-6-14(13-25)7-9-15/h6-13,17H,2-5H2,1H3,(H3,22,24,26). The molecule has 3 rings (SSSR count). The normalized spacial score (nSPS) is 14.5. The molecule has 0 saturated heterocycles. The molecule has 28 heavy (non-hydrogen) atoms. The van der Waals surface area contributed by atoms with Gasteiger partial charge >= 0.3 is 6.03 Å². The van der Waals surface area contributed by atoms with Crippen LogP contribution in [-0.2, 0) is 0 Å². The molecule has 0 spiro atoms. The van der Waals surface area contributed by atoms with Crippen molar-refractivity contribution in [3.8, 4) is 11.5 Å². The van der Waals surface area contributed by atoms with Gasteiger partial charge in [0.1, 0.15) is 6.29 Å². The van der Waals surface area contributed by atoms with E-state index in [0.717, 1.165) is 43.1 Å². The lowest BCUT2D eigenvalue weighted by atomic mass is 10.0. The van der Waals surface area contributed by atoms with Crippen LogP contribution in [0.2, 0.25) is 0 Å². The fourth-order valence-corrected chi connectivity index (χ4v) is 3.23. The molecule has 1 saturated carbocycles. The summed E-state index contributed by atoms with van der Waals surface area (Å²) in [5.74, 6) is 1.26. The number of urea groups is 1. The summed E-state index contributed by atoms with van der Waals surface area (Å²) in [6.07, 6.45) is 5.29. The molecule has 146 valence electrons. The first-order chi connectivity index (χ1) is 13.6. The van der Waals surface area contributed by atoms with Crippen molar-refractivity contribution in [2.75, 3.05) is 7.11 Å². The smallest absolute Gasteiger partial charge is 0.332 e. The first-order valence-corrected chi connectivity index (χ1v) is 9.14. The number of methoxy groups -OCH3 is 1. The van der Waals surface area contributed by atoms with Crippen molar-refractivity contribution in [1.29, 1.82) is 0 Å². The summed E-state index contributed by atoms with van der Waals surface area (Å²) in [6, 6.07) is 11.6. The average molecular weight is 381 g/mol. The van der Waals surface area contributed by atoms with Gasteiger partial charge in [0.05, 0.1) is 18.9 Å². The van der Waals surface area contributed by atoms with Crippen molar-refractivity contribution >= 4 is 18.0 Å². The molecule has 7 heteroatoms. The summed E-state index contributed by atoms with van der Waals surface area (Å²) in [5.41, 5.74) is 9.94. The van der Waals surface area contributed by atoms with E-state index >= 15 is 0 Å². The number of carbonyl (C=O) groups is 2. The lowest BCUT2D eigenvalue weighted by Crippen LogP contribution is -2.26. The van der Waals surface area contributed by atoms with Crippen LogP contribution in [0.3, 0.4) is 0 Å². The predicted octanol–water partition coefficient (Wildman–Crippen LogP) is 3.25. The quantitative estimate of drug-likeness (QED) is 0.436. The van der Waals surface area contributed by atoms with E-state index in [1.54, 1.807) is 37.4 Å². The Kier molecular flexibility index (Phi) is 6.26. The van der Waals surface area contributed by atoms with Crippen molar-refractivity contribution < 1.29 is 19.1 Å². The van der Waals surface area contributed by atoms with Crippen LogP contribution in [0.5, 0.6) is 11.5 Å². The van der Waals surface area contributed by atoms with Crippen molar-refractivity contribution in [2.45, 2.75) is 31.8 Å². The van der Waals surface area contributed by atoms with Gasteiger partial charge in [-0.2, -0.15) is 5.10 Å². The third kappa shape index (κ3) is 4.68. The third-order valence-electron chi connectivity index (χ3n) is 4.63. The van der Waals surface area contributed by atoms with Gasteiger partial charge in [-0.15, -0.1) is 0 Å². The van der Waals surface area contributed by atoms with E-state index in [1.165, 1.54) is 0 Å². The lowest BCUT2D eigenvalue weighted by Gasteiger charge is -2.17. The van der Waals surface area contributed by atoms with Gasteiger partial charge in [0.25, 0.3) is 0 Å². The number of aldehydes is 1. The number of hydrogen-bond acceptors (Lipinski definition) is 5. The fourth-order valence-electron chi connectivity index (χ4n) is 3.23. The van der Waals surface area contributed by atoms with E-state index in [9.17, 15) is 9.59 Å². The number of benzene rings is 2. The number of primary amides is 1. The van der Waals surface area contributed by atoms with Gasteiger partial charge in [-0.1, -0.05) is 24.3 Å². The Morgan fingerprint density at radius 2 is 1.79 bits per heavy atom. The fraction of sp³-hybridized carbons (Fsp3) is 0.286. The average Bonchev–Trinajstić information content (AvgIpc) is 3.22. The number of hydrazone groups is 1. The SMILES string of the molecule is COc1ccc(C(=NNC(N)=O)c2ccc(C=O)cc2)cc1OC1CCCC1. The summed E-state index contributed by atoms with van der Waals surface area (Å²) in [7, 11) is 1.60. The van der Waals surface area contributed by atoms with Gasteiger partial charge in [0, 0.05) is 16.7 Å². The lowest BCUT2D eigenvalue weighted by molar-refractivity contribution is 0.112. The third-order valence-corrected chi connectivity index (χ3v) is 4.63. The van der Waals surface area contributed by atoms with Crippen LogP contribution in [0, 0.1) is 0 Å². The van der Waals surface area contributed by atoms with E-state index in [4.69, 9.17) is 15.2 Å². The number of nitrogens with two attached hydrogens (primary N) is 1. The van der Waals surface area contributed by atoms with Crippen molar-refractivity contribution in [3.63, 3.8) is 0 Å². The minimum absolute atomic E-state index is 0.167. The molecule has 2 aromatic rings. The molecule has 0 radical (unpaired) electrons. The molecular weight excluding hydrogens is 358 g/mol. The van der Waals surface area contributed by atoms with Crippen LogP contribution >= 0.6 is 0 Å². The van der Waals surface area contributed by atoms with Gasteiger partial charge in [-0.25, -0.2) is 10.2 Å². The zero-order chi connectivity index (χ0) is 19.9. The highest BCUT2D eigenvalue weighted by Crippen LogP contribution is 2.33. The summed E-state index contributed by atoms with van der Waals surface area (Å²) < 4.78 is 11.6. The molecule has 0 bridgehead atoms.